The third-order valence-electron chi connectivity index (χ3n) is 3.40. The topological polar surface area (TPSA) is 82.6 Å². The average molecular weight is 344 g/mol. The lowest BCUT2D eigenvalue weighted by Crippen LogP contribution is -2.42. The number of guanidine groups is 1. The Bertz CT molecular complexity index is 461. The van der Waals surface area contributed by atoms with E-state index in [1.165, 1.54) is 7.05 Å². The molecule has 0 aromatic rings. The number of halogens is 3. The molecule has 1 fully saturated rings. The van der Waals surface area contributed by atoms with Gasteiger partial charge in [-0.2, -0.15) is 13.2 Å². The molecule has 0 radical (unpaired) electrons. The van der Waals surface area contributed by atoms with Crippen molar-refractivity contribution in [3.8, 4) is 0 Å². The summed E-state index contributed by atoms with van der Waals surface area (Å²) in [6.07, 6.45) is -1.96. The van der Waals surface area contributed by atoms with Gasteiger partial charge in [-0.15, -0.1) is 0 Å². The average Bonchev–Trinajstić information content (AvgIpc) is 2.33. The molecule has 130 valence electrons. The minimum atomic E-state index is -4.24. The number of nitrogens with zero attached hydrogens (tertiary/aromatic N) is 1. The molecule has 1 saturated carbocycles. The van der Waals surface area contributed by atoms with E-state index in [-0.39, 0.29) is 24.8 Å². The molecular formula is C12H23F3N4O2S. The van der Waals surface area contributed by atoms with Crippen LogP contribution in [0.1, 0.15) is 25.7 Å². The van der Waals surface area contributed by atoms with Crippen molar-refractivity contribution < 1.29 is 21.6 Å². The molecule has 0 aliphatic heterocycles. The van der Waals surface area contributed by atoms with E-state index in [2.05, 4.69) is 20.3 Å². The van der Waals surface area contributed by atoms with Crippen LogP contribution in [0.4, 0.5) is 13.2 Å². The maximum absolute atomic E-state index is 12.0. The Morgan fingerprint density at radius 1 is 1.23 bits per heavy atom. The number of alkyl halides is 3. The van der Waals surface area contributed by atoms with Crippen molar-refractivity contribution in [2.45, 2.75) is 31.9 Å². The number of rotatable bonds is 8. The van der Waals surface area contributed by atoms with Crippen LogP contribution < -0.4 is 15.4 Å². The summed E-state index contributed by atoms with van der Waals surface area (Å²) in [5, 5.41) is 5.16. The quantitative estimate of drug-likeness (QED) is 0.450. The highest BCUT2D eigenvalue weighted by Crippen LogP contribution is 2.25. The standard InChI is InChI=1S/C12H23F3N4O2S/c1-16-11(17-6-5-12(13,14)15)18-7-8-22(20,21)19-9-10-3-2-4-10/h10,19H,2-9H2,1H3,(H2,16,17,18). The molecule has 0 amide bonds. The van der Waals surface area contributed by atoms with Crippen LogP contribution in [0.5, 0.6) is 0 Å². The number of hydrogen-bond donors (Lipinski definition) is 3. The number of aliphatic imine (C=N–C) groups is 1. The lowest BCUT2D eigenvalue weighted by Gasteiger charge is -2.25. The highest BCUT2D eigenvalue weighted by atomic mass is 32.2. The van der Waals surface area contributed by atoms with Gasteiger partial charge in [-0.3, -0.25) is 4.99 Å². The first-order chi connectivity index (χ1) is 10.2. The Kier molecular flexibility index (Phi) is 7.40. The summed E-state index contributed by atoms with van der Waals surface area (Å²) >= 11 is 0. The van der Waals surface area contributed by atoms with Gasteiger partial charge < -0.3 is 10.6 Å². The Morgan fingerprint density at radius 3 is 2.36 bits per heavy atom. The molecule has 0 spiro atoms. The van der Waals surface area contributed by atoms with Crippen LogP contribution in [0.25, 0.3) is 0 Å². The molecule has 0 unspecified atom stereocenters. The molecule has 10 heteroatoms. The van der Waals surface area contributed by atoms with Crippen molar-refractivity contribution >= 4 is 16.0 Å². The summed E-state index contributed by atoms with van der Waals surface area (Å²) in [6.45, 7) is 0.225. The lowest BCUT2D eigenvalue weighted by molar-refractivity contribution is -0.132. The van der Waals surface area contributed by atoms with E-state index < -0.39 is 22.6 Å². The molecule has 3 N–H and O–H groups in total. The second-order valence-corrected chi connectivity index (χ2v) is 7.18. The molecule has 0 aromatic carbocycles. The minimum absolute atomic E-state index is 0.0751. The molecule has 0 aromatic heterocycles. The van der Waals surface area contributed by atoms with Gasteiger partial charge in [0.25, 0.3) is 0 Å². The van der Waals surface area contributed by atoms with Crippen LogP contribution in [0.15, 0.2) is 4.99 Å². The highest BCUT2D eigenvalue weighted by molar-refractivity contribution is 7.89. The Labute approximate surface area is 129 Å². The van der Waals surface area contributed by atoms with Crippen molar-refractivity contribution in [2.24, 2.45) is 10.9 Å². The zero-order valence-electron chi connectivity index (χ0n) is 12.5. The van der Waals surface area contributed by atoms with E-state index in [0.29, 0.717) is 12.5 Å². The molecule has 0 bridgehead atoms. The maximum Gasteiger partial charge on any atom is 0.390 e. The summed E-state index contributed by atoms with van der Waals surface area (Å²) in [5.41, 5.74) is 0. The Hall–Kier alpha value is -1.03. The molecule has 6 nitrogen and oxygen atoms in total. The molecule has 0 atom stereocenters. The van der Waals surface area contributed by atoms with E-state index in [9.17, 15) is 21.6 Å². The van der Waals surface area contributed by atoms with E-state index in [1.807, 2.05) is 0 Å². The second kappa shape index (κ2) is 8.56. The van der Waals surface area contributed by atoms with Gasteiger partial charge in [0.05, 0.1) is 12.2 Å². The molecule has 0 heterocycles. The smallest absolute Gasteiger partial charge is 0.356 e. The fraction of sp³-hybridized carbons (Fsp3) is 0.917. The normalized spacial score (nSPS) is 17.2. The van der Waals surface area contributed by atoms with Crippen molar-refractivity contribution in [2.75, 3.05) is 32.4 Å². The fourth-order valence-corrected chi connectivity index (χ4v) is 2.87. The predicted molar refractivity (Wildman–Crippen MR) is 79.2 cm³/mol. The van der Waals surface area contributed by atoms with Gasteiger partial charge in [0.1, 0.15) is 0 Å². The SMILES string of the molecule is CN=C(NCCC(F)(F)F)NCCS(=O)(=O)NCC1CCC1. The first-order valence-corrected chi connectivity index (χ1v) is 8.86. The summed E-state index contributed by atoms with van der Waals surface area (Å²) in [7, 11) is -1.97. The predicted octanol–water partition coefficient (Wildman–Crippen LogP) is 0.823. The first-order valence-electron chi connectivity index (χ1n) is 7.20. The fourth-order valence-electron chi connectivity index (χ4n) is 1.86. The molecule has 1 aliphatic rings. The van der Waals surface area contributed by atoms with Gasteiger partial charge in [0, 0.05) is 26.7 Å². The van der Waals surface area contributed by atoms with Gasteiger partial charge in [-0.05, 0) is 18.8 Å². The van der Waals surface area contributed by atoms with Crippen molar-refractivity contribution in [1.29, 1.82) is 0 Å². The van der Waals surface area contributed by atoms with Crippen LogP contribution in [-0.4, -0.2) is 53.0 Å². The summed E-state index contributed by atoms with van der Waals surface area (Å²) in [5.74, 6) is 0.428. The van der Waals surface area contributed by atoms with Crippen LogP contribution in [-0.2, 0) is 10.0 Å². The van der Waals surface area contributed by atoms with E-state index in [4.69, 9.17) is 0 Å². The summed E-state index contributed by atoms with van der Waals surface area (Å²) in [6, 6.07) is 0. The van der Waals surface area contributed by atoms with E-state index in [0.717, 1.165) is 19.3 Å². The largest absolute Gasteiger partial charge is 0.390 e. The van der Waals surface area contributed by atoms with Crippen molar-refractivity contribution in [1.82, 2.24) is 15.4 Å². The van der Waals surface area contributed by atoms with E-state index >= 15 is 0 Å². The third kappa shape index (κ3) is 8.42. The summed E-state index contributed by atoms with van der Waals surface area (Å²) < 4.78 is 62.0. The zero-order valence-corrected chi connectivity index (χ0v) is 13.4. The number of hydrogen-bond acceptors (Lipinski definition) is 3. The van der Waals surface area contributed by atoms with Crippen LogP contribution >= 0.6 is 0 Å². The minimum Gasteiger partial charge on any atom is -0.356 e. The lowest BCUT2D eigenvalue weighted by atomic mass is 9.86. The van der Waals surface area contributed by atoms with Gasteiger partial charge >= 0.3 is 6.18 Å². The van der Waals surface area contributed by atoms with E-state index in [1.54, 1.807) is 0 Å². The molecule has 1 aliphatic carbocycles. The monoisotopic (exact) mass is 344 g/mol. The molecule has 22 heavy (non-hydrogen) atoms. The van der Waals surface area contributed by atoms with Crippen molar-refractivity contribution in [3.63, 3.8) is 0 Å². The Morgan fingerprint density at radius 2 is 1.86 bits per heavy atom. The van der Waals surface area contributed by atoms with Crippen LogP contribution in [0, 0.1) is 5.92 Å². The second-order valence-electron chi connectivity index (χ2n) is 5.26. The summed E-state index contributed by atoms with van der Waals surface area (Å²) in [4.78, 5) is 3.74. The van der Waals surface area contributed by atoms with Gasteiger partial charge in [0.15, 0.2) is 5.96 Å². The molecular weight excluding hydrogens is 321 g/mol. The van der Waals surface area contributed by atoms with Crippen LogP contribution in [0.3, 0.4) is 0 Å². The number of sulfonamides is 1. The molecule has 1 rings (SSSR count). The highest BCUT2D eigenvalue weighted by Gasteiger charge is 2.26. The van der Waals surface area contributed by atoms with Crippen LogP contribution in [0.2, 0.25) is 0 Å². The van der Waals surface area contributed by atoms with Gasteiger partial charge in [-0.25, -0.2) is 13.1 Å². The van der Waals surface area contributed by atoms with Crippen molar-refractivity contribution in [3.05, 3.63) is 0 Å². The van der Waals surface area contributed by atoms with Gasteiger partial charge in [-0.1, -0.05) is 6.42 Å². The first kappa shape index (κ1) is 19.0. The number of nitrogens with one attached hydrogen (secondary N) is 3. The molecule has 0 saturated heterocycles. The Balaban J connectivity index is 2.19. The van der Waals surface area contributed by atoms with Gasteiger partial charge in [0.2, 0.25) is 10.0 Å². The maximum atomic E-state index is 12.0. The third-order valence-corrected chi connectivity index (χ3v) is 4.75. The zero-order chi connectivity index (χ0) is 16.6.